The summed E-state index contributed by atoms with van der Waals surface area (Å²) in [4.78, 5) is 0. The maximum atomic E-state index is 5.21. The van der Waals surface area contributed by atoms with E-state index in [0.717, 1.165) is 19.6 Å². The van der Waals surface area contributed by atoms with Crippen molar-refractivity contribution in [2.24, 2.45) is 5.10 Å². The van der Waals surface area contributed by atoms with Gasteiger partial charge in [0.2, 0.25) is 0 Å². The van der Waals surface area contributed by atoms with Gasteiger partial charge in [0.1, 0.15) is 0 Å². The minimum atomic E-state index is 0.465. The highest BCUT2D eigenvalue weighted by atomic mass is 16.5. The Bertz CT molecular complexity index is 350. The fourth-order valence-electron chi connectivity index (χ4n) is 2.20. The van der Waals surface area contributed by atoms with Crippen LogP contribution in [0.4, 0.5) is 0 Å². The molecule has 0 N–H and O–H groups in total. The molecule has 2 rings (SSSR count). The second kappa shape index (κ2) is 6.40. The van der Waals surface area contributed by atoms with Crippen molar-refractivity contribution in [2.75, 3.05) is 20.3 Å². The first kappa shape index (κ1) is 12.1. The lowest BCUT2D eigenvalue weighted by molar-refractivity contribution is 0.118. The molecule has 3 heteroatoms. The van der Waals surface area contributed by atoms with Gasteiger partial charge >= 0.3 is 0 Å². The maximum absolute atomic E-state index is 5.21. The molecule has 0 aliphatic carbocycles. The first-order valence-electron chi connectivity index (χ1n) is 6.22. The van der Waals surface area contributed by atoms with Gasteiger partial charge in [-0.3, -0.25) is 5.01 Å². The van der Waals surface area contributed by atoms with Crippen LogP contribution in [-0.2, 0) is 11.2 Å². The van der Waals surface area contributed by atoms with E-state index in [2.05, 4.69) is 34.4 Å². The zero-order chi connectivity index (χ0) is 11.9. The summed E-state index contributed by atoms with van der Waals surface area (Å²) in [6.07, 6.45) is 5.31. The summed E-state index contributed by atoms with van der Waals surface area (Å²) >= 11 is 0. The Kier molecular flexibility index (Phi) is 4.56. The van der Waals surface area contributed by atoms with Gasteiger partial charge in [0.05, 0.1) is 12.6 Å². The highest BCUT2D eigenvalue weighted by Crippen LogP contribution is 2.17. The van der Waals surface area contributed by atoms with Crippen molar-refractivity contribution in [3.05, 3.63) is 35.9 Å². The molecule has 3 nitrogen and oxygen atoms in total. The molecule has 0 aromatic heterocycles. The van der Waals surface area contributed by atoms with Gasteiger partial charge < -0.3 is 4.74 Å². The highest BCUT2D eigenvalue weighted by Gasteiger charge is 2.22. The summed E-state index contributed by atoms with van der Waals surface area (Å²) < 4.78 is 5.21. The van der Waals surface area contributed by atoms with Gasteiger partial charge in [0.15, 0.2) is 0 Å². The van der Waals surface area contributed by atoms with Crippen LogP contribution >= 0.6 is 0 Å². The Morgan fingerprint density at radius 1 is 1.41 bits per heavy atom. The number of benzene rings is 1. The molecule has 0 amide bonds. The van der Waals surface area contributed by atoms with Crippen molar-refractivity contribution in [1.82, 2.24) is 5.01 Å². The Morgan fingerprint density at radius 2 is 2.24 bits per heavy atom. The van der Waals surface area contributed by atoms with Crippen LogP contribution in [0.3, 0.4) is 0 Å². The molecule has 92 valence electrons. The molecule has 1 fully saturated rings. The first-order valence-corrected chi connectivity index (χ1v) is 6.22. The molecule has 1 aliphatic heterocycles. The maximum Gasteiger partial charge on any atom is 0.0704 e. The zero-order valence-electron chi connectivity index (χ0n) is 10.4. The molecule has 0 spiro atoms. The van der Waals surface area contributed by atoms with Gasteiger partial charge in [-0.1, -0.05) is 30.3 Å². The summed E-state index contributed by atoms with van der Waals surface area (Å²) in [5.41, 5.74) is 1.30. The standard InChI is InChI=1S/C14H20N2O/c1-17-12-14-8-5-11-16(14)15-10-9-13-6-3-2-4-7-13/h2-4,6-7,10,14H,5,8-9,11-12H2,1H3/b15-10+/t14-/m0/s1. The molecule has 1 aromatic rings. The molecule has 1 atom stereocenters. The number of hydrogen-bond donors (Lipinski definition) is 0. The Labute approximate surface area is 103 Å². The van der Waals surface area contributed by atoms with Crippen LogP contribution in [0.25, 0.3) is 0 Å². The second-order valence-electron chi connectivity index (χ2n) is 4.40. The van der Waals surface area contributed by atoms with Crippen molar-refractivity contribution in [3.63, 3.8) is 0 Å². The third-order valence-corrected chi connectivity index (χ3v) is 3.10. The van der Waals surface area contributed by atoms with Crippen LogP contribution in [-0.4, -0.2) is 37.5 Å². The topological polar surface area (TPSA) is 24.8 Å². The summed E-state index contributed by atoms with van der Waals surface area (Å²) in [5, 5.41) is 6.71. The van der Waals surface area contributed by atoms with Crippen molar-refractivity contribution in [3.8, 4) is 0 Å². The van der Waals surface area contributed by atoms with Gasteiger partial charge in [-0.05, 0) is 18.4 Å². The molecule has 0 radical (unpaired) electrons. The SMILES string of the molecule is COC[C@@H]1CCCN1/N=C/Cc1ccccc1. The fourth-order valence-corrected chi connectivity index (χ4v) is 2.20. The van der Waals surface area contributed by atoms with Gasteiger partial charge in [0.25, 0.3) is 0 Å². The molecule has 1 aromatic carbocycles. The van der Waals surface area contributed by atoms with Crippen LogP contribution in [0.5, 0.6) is 0 Å². The lowest BCUT2D eigenvalue weighted by atomic mass is 10.2. The number of methoxy groups -OCH3 is 1. The van der Waals surface area contributed by atoms with Crippen molar-refractivity contribution < 1.29 is 4.74 Å². The van der Waals surface area contributed by atoms with Crippen LogP contribution in [0, 0.1) is 0 Å². The quantitative estimate of drug-likeness (QED) is 0.728. The first-order chi connectivity index (χ1) is 8.40. The van der Waals surface area contributed by atoms with Gasteiger partial charge in [-0.2, -0.15) is 5.10 Å². The van der Waals surface area contributed by atoms with E-state index in [1.165, 1.54) is 18.4 Å². The van der Waals surface area contributed by atoms with Crippen LogP contribution in [0.15, 0.2) is 35.4 Å². The predicted molar refractivity (Wildman–Crippen MR) is 70.2 cm³/mol. The number of hydrazone groups is 1. The lowest BCUT2D eigenvalue weighted by Crippen LogP contribution is -2.28. The molecular weight excluding hydrogens is 212 g/mol. The third kappa shape index (κ3) is 3.56. The van der Waals surface area contributed by atoms with Gasteiger partial charge in [0, 0.05) is 26.3 Å². The Balaban J connectivity index is 1.84. The predicted octanol–water partition coefficient (Wildman–Crippen LogP) is 2.33. The fraction of sp³-hybridized carbons (Fsp3) is 0.500. The lowest BCUT2D eigenvalue weighted by Gasteiger charge is -2.20. The van der Waals surface area contributed by atoms with E-state index >= 15 is 0 Å². The van der Waals surface area contributed by atoms with E-state index in [1.807, 2.05) is 12.3 Å². The minimum absolute atomic E-state index is 0.465. The molecule has 0 bridgehead atoms. The largest absolute Gasteiger partial charge is 0.382 e. The summed E-state index contributed by atoms with van der Waals surface area (Å²) in [7, 11) is 1.75. The average molecular weight is 232 g/mol. The summed E-state index contributed by atoms with van der Waals surface area (Å²) in [6, 6.07) is 10.9. The van der Waals surface area contributed by atoms with E-state index in [4.69, 9.17) is 4.74 Å². The van der Waals surface area contributed by atoms with E-state index in [9.17, 15) is 0 Å². The molecule has 17 heavy (non-hydrogen) atoms. The van der Waals surface area contributed by atoms with E-state index in [1.54, 1.807) is 7.11 Å². The average Bonchev–Trinajstić information content (AvgIpc) is 2.79. The minimum Gasteiger partial charge on any atom is -0.382 e. The van der Waals surface area contributed by atoms with Gasteiger partial charge in [-0.25, -0.2) is 0 Å². The number of nitrogens with zero attached hydrogens (tertiary/aromatic N) is 2. The van der Waals surface area contributed by atoms with Crippen molar-refractivity contribution >= 4 is 6.21 Å². The number of hydrogen-bond acceptors (Lipinski definition) is 3. The van der Waals surface area contributed by atoms with Gasteiger partial charge in [-0.15, -0.1) is 0 Å². The normalized spacial score (nSPS) is 20.3. The Morgan fingerprint density at radius 3 is 3.00 bits per heavy atom. The molecule has 0 saturated carbocycles. The van der Waals surface area contributed by atoms with E-state index < -0.39 is 0 Å². The van der Waals surface area contributed by atoms with Crippen molar-refractivity contribution in [2.45, 2.75) is 25.3 Å². The Hall–Kier alpha value is -1.35. The molecule has 1 heterocycles. The number of rotatable bonds is 5. The monoisotopic (exact) mass is 232 g/mol. The summed E-state index contributed by atoms with van der Waals surface area (Å²) in [6.45, 7) is 1.84. The number of ether oxygens (including phenoxy) is 1. The van der Waals surface area contributed by atoms with Crippen LogP contribution in [0.2, 0.25) is 0 Å². The van der Waals surface area contributed by atoms with Crippen LogP contribution < -0.4 is 0 Å². The van der Waals surface area contributed by atoms with E-state index in [-0.39, 0.29) is 0 Å². The highest BCUT2D eigenvalue weighted by molar-refractivity contribution is 5.61. The molecule has 0 unspecified atom stereocenters. The molecule has 1 aliphatic rings. The van der Waals surface area contributed by atoms with E-state index in [0.29, 0.717) is 6.04 Å². The molecular formula is C14H20N2O. The molecule has 1 saturated heterocycles. The van der Waals surface area contributed by atoms with Crippen LogP contribution in [0.1, 0.15) is 18.4 Å². The second-order valence-corrected chi connectivity index (χ2v) is 4.40. The van der Waals surface area contributed by atoms with Crippen molar-refractivity contribution in [1.29, 1.82) is 0 Å². The zero-order valence-corrected chi connectivity index (χ0v) is 10.4. The smallest absolute Gasteiger partial charge is 0.0704 e. The third-order valence-electron chi connectivity index (χ3n) is 3.10. The summed E-state index contributed by atoms with van der Waals surface area (Å²) in [5.74, 6) is 0.